The normalized spacial score (nSPS) is 22.5. The van der Waals surface area contributed by atoms with Crippen LogP contribution in [-0.2, 0) is 15.8 Å². The summed E-state index contributed by atoms with van der Waals surface area (Å²) < 4.78 is 5.78. The molecule has 2 aliphatic heterocycles. The van der Waals surface area contributed by atoms with E-state index in [9.17, 15) is 9.59 Å². The van der Waals surface area contributed by atoms with Crippen molar-refractivity contribution in [1.29, 1.82) is 0 Å². The molecule has 6 rings (SSSR count). The number of carbonyl (C=O) groups is 2. The molecule has 33 heavy (non-hydrogen) atoms. The molecule has 1 atom stereocenters. The van der Waals surface area contributed by atoms with E-state index in [4.69, 9.17) is 4.74 Å². The molecule has 1 N–H and O–H groups in total. The van der Waals surface area contributed by atoms with E-state index in [0.29, 0.717) is 18.5 Å². The highest BCUT2D eigenvalue weighted by molar-refractivity contribution is 6.12. The second kappa shape index (κ2) is 7.46. The van der Waals surface area contributed by atoms with E-state index in [0.717, 1.165) is 41.6 Å². The Bertz CT molecular complexity index is 1270. The molecule has 0 radical (unpaired) electrons. The zero-order chi connectivity index (χ0) is 22.5. The monoisotopic (exact) mass is 437 g/mol. The van der Waals surface area contributed by atoms with E-state index in [2.05, 4.69) is 15.3 Å². The average molecular weight is 437 g/mol. The lowest BCUT2D eigenvalue weighted by molar-refractivity contribution is 0.00158. The fourth-order valence-electron chi connectivity index (χ4n) is 5.07. The molecule has 3 aromatic rings. The summed E-state index contributed by atoms with van der Waals surface area (Å²) in [4.78, 5) is 35.0. The first-order valence-electron chi connectivity index (χ1n) is 11.3. The molecule has 1 aliphatic carbocycles. The molecule has 1 saturated heterocycles. The molecule has 3 aliphatic rings. The fraction of sp³-hybridized carbons (Fsp3) is 0.259. The summed E-state index contributed by atoms with van der Waals surface area (Å²) in [7, 11) is 0. The van der Waals surface area contributed by atoms with E-state index in [-0.39, 0.29) is 11.5 Å². The van der Waals surface area contributed by atoms with Gasteiger partial charge in [0.15, 0.2) is 11.4 Å². The van der Waals surface area contributed by atoms with Gasteiger partial charge in [0.25, 0.3) is 0 Å². The molecule has 4 heterocycles. The summed E-state index contributed by atoms with van der Waals surface area (Å²) in [6, 6.07) is 13.8. The van der Waals surface area contributed by atoms with Crippen molar-refractivity contribution in [3.63, 3.8) is 0 Å². The number of ketones is 1. The van der Waals surface area contributed by atoms with Crippen molar-refractivity contribution >= 4 is 23.9 Å². The maximum Gasteiger partial charge on any atom is 0.341 e. The van der Waals surface area contributed by atoms with Crippen LogP contribution < -0.4 is 5.32 Å². The smallest absolute Gasteiger partial charge is 0.341 e. The number of benzene rings is 1. The predicted octanol–water partition coefficient (Wildman–Crippen LogP) is 3.92. The predicted molar refractivity (Wildman–Crippen MR) is 124 cm³/mol. The lowest BCUT2D eigenvalue weighted by atomic mass is 9.85. The molecule has 164 valence electrons. The lowest BCUT2D eigenvalue weighted by Crippen LogP contribution is -2.29. The molecule has 1 spiro atoms. The van der Waals surface area contributed by atoms with Gasteiger partial charge in [-0.15, -0.1) is 0 Å². The highest BCUT2D eigenvalue weighted by Gasteiger charge is 2.55. The molecule has 1 saturated carbocycles. The van der Waals surface area contributed by atoms with Crippen LogP contribution in [0.1, 0.15) is 62.4 Å². The Labute approximate surface area is 191 Å². The minimum atomic E-state index is -0.663. The van der Waals surface area contributed by atoms with Crippen molar-refractivity contribution in [2.24, 2.45) is 0 Å². The number of Topliss-reactive ketones (excluding diaryl/α,β-unsaturated/α-hetero) is 1. The first-order valence-corrected chi connectivity index (χ1v) is 11.3. The number of hydrogen-bond donors (Lipinski definition) is 1. The van der Waals surface area contributed by atoms with Gasteiger partial charge in [-0.1, -0.05) is 36.4 Å². The number of rotatable bonds is 5. The Morgan fingerprint density at radius 3 is 2.33 bits per heavy atom. The van der Waals surface area contributed by atoms with Gasteiger partial charge in [-0.2, -0.15) is 0 Å². The summed E-state index contributed by atoms with van der Waals surface area (Å²) in [5, 5.41) is 3.27. The fourth-order valence-corrected chi connectivity index (χ4v) is 5.07. The molecular formula is C27H23N3O3. The Morgan fingerprint density at radius 2 is 1.67 bits per heavy atom. The first kappa shape index (κ1) is 20.0. The Kier molecular flexibility index (Phi) is 4.52. The topological polar surface area (TPSA) is 81.2 Å². The highest BCUT2D eigenvalue weighted by atomic mass is 16.6. The number of ether oxygens (including phenoxy) is 1. The molecule has 6 nitrogen and oxygen atoms in total. The average Bonchev–Trinajstić information content (AvgIpc) is 3.45. The molecule has 0 bridgehead atoms. The summed E-state index contributed by atoms with van der Waals surface area (Å²) in [6.07, 6.45) is 11.5. The van der Waals surface area contributed by atoms with Crippen molar-refractivity contribution in [2.45, 2.75) is 30.3 Å². The zero-order valence-electron chi connectivity index (χ0n) is 18.1. The second-order valence-electron chi connectivity index (χ2n) is 9.04. The Balaban J connectivity index is 1.30. The van der Waals surface area contributed by atoms with Crippen LogP contribution in [0.2, 0.25) is 0 Å². The third-order valence-electron chi connectivity index (χ3n) is 7.09. The number of fused-ring (bicyclic) bond motifs is 2. The maximum absolute atomic E-state index is 13.7. The van der Waals surface area contributed by atoms with Crippen LogP contribution in [0.5, 0.6) is 0 Å². The van der Waals surface area contributed by atoms with Gasteiger partial charge in [-0.05, 0) is 54.3 Å². The number of esters is 1. The summed E-state index contributed by atoms with van der Waals surface area (Å²) in [5.74, 6) is -0.517. The van der Waals surface area contributed by atoms with E-state index in [1.54, 1.807) is 18.6 Å². The summed E-state index contributed by atoms with van der Waals surface area (Å²) >= 11 is 0. The van der Waals surface area contributed by atoms with Crippen molar-refractivity contribution in [3.05, 3.63) is 94.6 Å². The van der Waals surface area contributed by atoms with E-state index < -0.39 is 17.0 Å². The van der Waals surface area contributed by atoms with Gasteiger partial charge >= 0.3 is 5.97 Å². The van der Waals surface area contributed by atoms with Gasteiger partial charge in [0, 0.05) is 37.1 Å². The van der Waals surface area contributed by atoms with Gasteiger partial charge in [0.1, 0.15) is 5.69 Å². The molecule has 1 aromatic carbocycles. The standard InChI is InChI=1S/C27H23N3O3/c31-24(23-22-21(9-15-30-23)27(33-25(22)32)12-16-29-17-27)26(10-11-26)20-5-3-18(4-6-20)1-2-19-7-13-28-14-8-19/h1-9,13-15,29H,10-12,16-17H2/b2-1+. The Hall–Kier alpha value is -3.64. The van der Waals surface area contributed by atoms with E-state index in [1.807, 2.05) is 54.6 Å². The van der Waals surface area contributed by atoms with Crippen molar-refractivity contribution in [1.82, 2.24) is 15.3 Å². The largest absolute Gasteiger partial charge is 0.449 e. The van der Waals surface area contributed by atoms with Crippen LogP contribution in [0, 0.1) is 0 Å². The van der Waals surface area contributed by atoms with Gasteiger partial charge in [-0.3, -0.25) is 14.8 Å². The lowest BCUT2D eigenvalue weighted by Gasteiger charge is -2.21. The van der Waals surface area contributed by atoms with Gasteiger partial charge in [-0.25, -0.2) is 4.79 Å². The molecule has 1 unspecified atom stereocenters. The molecule has 2 fully saturated rings. The van der Waals surface area contributed by atoms with Gasteiger partial charge in [0.2, 0.25) is 0 Å². The van der Waals surface area contributed by atoms with Crippen LogP contribution in [0.15, 0.2) is 61.1 Å². The van der Waals surface area contributed by atoms with E-state index >= 15 is 0 Å². The number of hydrogen-bond acceptors (Lipinski definition) is 6. The highest BCUT2D eigenvalue weighted by Crippen LogP contribution is 2.52. The van der Waals surface area contributed by atoms with Crippen LogP contribution in [0.3, 0.4) is 0 Å². The van der Waals surface area contributed by atoms with Crippen LogP contribution in [0.4, 0.5) is 0 Å². The summed E-state index contributed by atoms with van der Waals surface area (Å²) in [5.41, 5.74) is 3.23. The van der Waals surface area contributed by atoms with Crippen molar-refractivity contribution in [2.75, 3.05) is 13.1 Å². The second-order valence-corrected chi connectivity index (χ2v) is 9.04. The van der Waals surface area contributed by atoms with E-state index in [1.165, 1.54) is 0 Å². The molecule has 6 heteroatoms. The number of pyridine rings is 2. The third-order valence-corrected chi connectivity index (χ3v) is 7.09. The zero-order valence-corrected chi connectivity index (χ0v) is 18.1. The maximum atomic E-state index is 13.7. The molecule has 0 amide bonds. The number of nitrogens with zero attached hydrogens (tertiary/aromatic N) is 2. The van der Waals surface area contributed by atoms with Gasteiger partial charge in [0.05, 0.1) is 11.0 Å². The van der Waals surface area contributed by atoms with Crippen molar-refractivity contribution in [3.8, 4) is 0 Å². The van der Waals surface area contributed by atoms with Gasteiger partial charge < -0.3 is 10.1 Å². The van der Waals surface area contributed by atoms with Crippen LogP contribution in [-0.4, -0.2) is 34.8 Å². The van der Waals surface area contributed by atoms with Crippen LogP contribution >= 0.6 is 0 Å². The van der Waals surface area contributed by atoms with Crippen molar-refractivity contribution < 1.29 is 14.3 Å². The van der Waals surface area contributed by atoms with Crippen LogP contribution in [0.25, 0.3) is 12.2 Å². The number of carbonyl (C=O) groups excluding carboxylic acids is 2. The molecular weight excluding hydrogens is 414 g/mol. The quantitative estimate of drug-likeness (QED) is 0.481. The molecule has 2 aromatic heterocycles. The minimum Gasteiger partial charge on any atom is -0.449 e. The first-order chi connectivity index (χ1) is 16.1. The SMILES string of the molecule is O=C1OC2(CCNC2)c2ccnc(C(=O)C3(c4ccc(/C=C/c5ccncc5)cc4)CC3)c21. The Morgan fingerprint density at radius 1 is 0.939 bits per heavy atom. The summed E-state index contributed by atoms with van der Waals surface area (Å²) in [6.45, 7) is 1.35. The third kappa shape index (κ3) is 3.21. The number of aromatic nitrogens is 2. The number of nitrogens with one attached hydrogen (secondary N) is 1. The minimum absolute atomic E-state index is 0.0839.